The van der Waals surface area contributed by atoms with E-state index in [9.17, 15) is 0 Å². The minimum absolute atomic E-state index is 0.857. The van der Waals surface area contributed by atoms with Gasteiger partial charge in [-0.3, -0.25) is 4.68 Å². The maximum atomic E-state index is 4.32. The Bertz CT molecular complexity index is 434. The van der Waals surface area contributed by atoms with E-state index in [0.717, 1.165) is 31.6 Å². The van der Waals surface area contributed by atoms with E-state index in [1.54, 1.807) is 0 Å². The van der Waals surface area contributed by atoms with Crippen molar-refractivity contribution < 1.29 is 0 Å². The Kier molecular flexibility index (Phi) is 4.33. The van der Waals surface area contributed by atoms with Crippen molar-refractivity contribution in [3.8, 4) is 0 Å². The lowest BCUT2D eigenvalue weighted by molar-refractivity contribution is 0.628. The van der Waals surface area contributed by atoms with Crippen LogP contribution in [0.5, 0.6) is 0 Å². The molecule has 0 bridgehead atoms. The number of aromatic nitrogens is 2. The number of nitrogens with zero attached hydrogens (tertiary/aromatic N) is 2. The van der Waals surface area contributed by atoms with E-state index in [4.69, 9.17) is 0 Å². The first-order valence-electron chi connectivity index (χ1n) is 6.08. The molecular formula is C14H19N3. The summed E-state index contributed by atoms with van der Waals surface area (Å²) >= 11 is 0. The van der Waals surface area contributed by atoms with Gasteiger partial charge >= 0.3 is 0 Å². The van der Waals surface area contributed by atoms with Gasteiger partial charge in [-0.25, -0.2) is 0 Å². The second-order valence-corrected chi connectivity index (χ2v) is 4.25. The maximum absolute atomic E-state index is 4.32. The minimum atomic E-state index is 0.857. The fraction of sp³-hybridized carbons (Fsp3) is 0.357. The van der Waals surface area contributed by atoms with Crippen LogP contribution in [0.4, 0.5) is 0 Å². The van der Waals surface area contributed by atoms with E-state index in [1.165, 1.54) is 5.56 Å². The van der Waals surface area contributed by atoms with Crippen LogP contribution in [0.1, 0.15) is 17.7 Å². The maximum Gasteiger partial charge on any atom is 0.0762 e. The van der Waals surface area contributed by atoms with Crippen LogP contribution in [0.15, 0.2) is 42.6 Å². The average Bonchev–Trinajstić information content (AvgIpc) is 2.76. The van der Waals surface area contributed by atoms with Crippen LogP contribution < -0.4 is 5.32 Å². The van der Waals surface area contributed by atoms with E-state index in [1.807, 2.05) is 24.0 Å². The fourth-order valence-electron chi connectivity index (χ4n) is 1.84. The molecule has 0 aliphatic heterocycles. The topological polar surface area (TPSA) is 29.9 Å². The third-order valence-electron chi connectivity index (χ3n) is 2.74. The summed E-state index contributed by atoms with van der Waals surface area (Å²) in [5.74, 6) is 0. The Morgan fingerprint density at radius 3 is 2.71 bits per heavy atom. The molecule has 0 fully saturated rings. The lowest BCUT2D eigenvalue weighted by Crippen LogP contribution is -2.15. The average molecular weight is 229 g/mol. The molecule has 0 unspecified atom stereocenters. The summed E-state index contributed by atoms with van der Waals surface area (Å²) in [5, 5.41) is 7.73. The second kappa shape index (κ2) is 6.21. The van der Waals surface area contributed by atoms with Crippen LogP contribution in [0.2, 0.25) is 0 Å². The highest BCUT2D eigenvalue weighted by atomic mass is 15.3. The normalized spacial score (nSPS) is 10.6. The number of rotatable bonds is 6. The molecule has 3 nitrogen and oxygen atoms in total. The van der Waals surface area contributed by atoms with E-state index < -0.39 is 0 Å². The summed E-state index contributed by atoms with van der Waals surface area (Å²) in [6, 6.07) is 12.7. The highest BCUT2D eigenvalue weighted by molar-refractivity contribution is 5.14. The molecule has 1 N–H and O–H groups in total. The van der Waals surface area contributed by atoms with Gasteiger partial charge in [0.15, 0.2) is 0 Å². The predicted octanol–water partition coefficient (Wildman–Crippen LogP) is 2.14. The van der Waals surface area contributed by atoms with Gasteiger partial charge in [0.1, 0.15) is 0 Å². The molecule has 90 valence electrons. The van der Waals surface area contributed by atoms with Crippen LogP contribution >= 0.6 is 0 Å². The van der Waals surface area contributed by atoms with Crippen LogP contribution in [0, 0.1) is 0 Å². The molecular weight excluding hydrogens is 210 g/mol. The summed E-state index contributed by atoms with van der Waals surface area (Å²) in [6.07, 6.45) is 4.27. The highest BCUT2D eigenvalue weighted by Crippen LogP contribution is 2.01. The highest BCUT2D eigenvalue weighted by Gasteiger charge is 1.96. The van der Waals surface area contributed by atoms with Gasteiger partial charge in [0.05, 0.1) is 5.69 Å². The standard InChI is InChI=1S/C14H19N3/c1-17-11-9-14(16-17)12-15-10-5-8-13-6-3-2-4-7-13/h2-4,6-7,9,11,15H,5,8,10,12H2,1H3. The number of nitrogens with one attached hydrogen (secondary N) is 1. The zero-order chi connectivity index (χ0) is 11.9. The van der Waals surface area contributed by atoms with Crippen molar-refractivity contribution in [3.63, 3.8) is 0 Å². The van der Waals surface area contributed by atoms with Crippen LogP contribution in [-0.4, -0.2) is 16.3 Å². The summed E-state index contributed by atoms with van der Waals surface area (Å²) in [5.41, 5.74) is 2.51. The third-order valence-corrected chi connectivity index (χ3v) is 2.74. The van der Waals surface area contributed by atoms with Gasteiger partial charge in [0.2, 0.25) is 0 Å². The molecule has 0 atom stereocenters. The molecule has 1 aromatic heterocycles. The molecule has 1 heterocycles. The van der Waals surface area contributed by atoms with Crippen molar-refractivity contribution >= 4 is 0 Å². The molecule has 0 amide bonds. The van der Waals surface area contributed by atoms with E-state index in [2.05, 4.69) is 40.7 Å². The van der Waals surface area contributed by atoms with E-state index >= 15 is 0 Å². The van der Waals surface area contributed by atoms with Gasteiger partial charge < -0.3 is 5.32 Å². The molecule has 17 heavy (non-hydrogen) atoms. The zero-order valence-corrected chi connectivity index (χ0v) is 10.3. The Morgan fingerprint density at radius 1 is 1.18 bits per heavy atom. The Balaban J connectivity index is 1.61. The quantitative estimate of drug-likeness (QED) is 0.769. The van der Waals surface area contributed by atoms with Gasteiger partial charge in [-0.15, -0.1) is 0 Å². The first-order valence-corrected chi connectivity index (χ1v) is 6.08. The van der Waals surface area contributed by atoms with Gasteiger partial charge in [-0.2, -0.15) is 5.10 Å². The van der Waals surface area contributed by atoms with Crippen LogP contribution in [0.25, 0.3) is 0 Å². The third kappa shape index (κ3) is 4.04. The van der Waals surface area contributed by atoms with Crippen LogP contribution in [-0.2, 0) is 20.0 Å². The largest absolute Gasteiger partial charge is 0.311 e. The molecule has 0 saturated carbocycles. The lowest BCUT2D eigenvalue weighted by Gasteiger charge is -2.03. The monoisotopic (exact) mass is 229 g/mol. The predicted molar refractivity (Wildman–Crippen MR) is 69.7 cm³/mol. The first kappa shape index (κ1) is 11.9. The van der Waals surface area contributed by atoms with Crippen molar-refractivity contribution in [3.05, 3.63) is 53.9 Å². The Labute approximate surface area is 102 Å². The molecule has 0 aliphatic rings. The summed E-state index contributed by atoms with van der Waals surface area (Å²) in [4.78, 5) is 0. The molecule has 2 aromatic rings. The molecule has 0 saturated heterocycles. The van der Waals surface area contributed by atoms with Gasteiger partial charge in [-0.1, -0.05) is 30.3 Å². The molecule has 0 spiro atoms. The van der Waals surface area contributed by atoms with Crippen molar-refractivity contribution in [2.45, 2.75) is 19.4 Å². The molecule has 0 radical (unpaired) electrons. The van der Waals surface area contributed by atoms with Gasteiger partial charge in [0.25, 0.3) is 0 Å². The number of benzene rings is 1. The van der Waals surface area contributed by atoms with Crippen molar-refractivity contribution in [1.82, 2.24) is 15.1 Å². The second-order valence-electron chi connectivity index (χ2n) is 4.25. The van der Waals surface area contributed by atoms with Crippen molar-refractivity contribution in [1.29, 1.82) is 0 Å². The van der Waals surface area contributed by atoms with Gasteiger partial charge in [-0.05, 0) is 31.0 Å². The minimum Gasteiger partial charge on any atom is -0.311 e. The Hall–Kier alpha value is -1.61. The smallest absolute Gasteiger partial charge is 0.0762 e. The number of hydrogen-bond acceptors (Lipinski definition) is 2. The van der Waals surface area contributed by atoms with Crippen LogP contribution in [0.3, 0.4) is 0 Å². The first-order chi connectivity index (χ1) is 8.34. The van der Waals surface area contributed by atoms with Gasteiger partial charge in [0, 0.05) is 19.8 Å². The summed E-state index contributed by atoms with van der Waals surface area (Å²) in [6.45, 7) is 1.89. The molecule has 1 aromatic carbocycles. The van der Waals surface area contributed by atoms with Crippen molar-refractivity contribution in [2.24, 2.45) is 7.05 Å². The lowest BCUT2D eigenvalue weighted by atomic mass is 10.1. The fourth-order valence-corrected chi connectivity index (χ4v) is 1.84. The zero-order valence-electron chi connectivity index (χ0n) is 10.3. The molecule has 3 heteroatoms. The van der Waals surface area contributed by atoms with E-state index in [0.29, 0.717) is 0 Å². The van der Waals surface area contributed by atoms with Crippen molar-refractivity contribution in [2.75, 3.05) is 6.54 Å². The SMILES string of the molecule is Cn1ccc(CNCCCc2ccccc2)n1. The Morgan fingerprint density at radius 2 is 2.00 bits per heavy atom. The summed E-state index contributed by atoms with van der Waals surface area (Å²) < 4.78 is 1.83. The van der Waals surface area contributed by atoms with E-state index in [-0.39, 0.29) is 0 Å². The number of hydrogen-bond donors (Lipinski definition) is 1. The molecule has 0 aliphatic carbocycles. The summed E-state index contributed by atoms with van der Waals surface area (Å²) in [7, 11) is 1.94. The number of aryl methyl sites for hydroxylation is 2. The molecule has 2 rings (SSSR count).